The van der Waals surface area contributed by atoms with E-state index in [1.807, 2.05) is 11.8 Å². The summed E-state index contributed by atoms with van der Waals surface area (Å²) < 4.78 is 0. The second-order valence-electron chi connectivity index (χ2n) is 5.43. The summed E-state index contributed by atoms with van der Waals surface area (Å²) in [5.41, 5.74) is 7.29. The first-order valence-electron chi connectivity index (χ1n) is 6.58. The van der Waals surface area contributed by atoms with Crippen LogP contribution in [0.25, 0.3) is 0 Å². The van der Waals surface area contributed by atoms with Crippen molar-refractivity contribution in [3.05, 3.63) is 29.8 Å². The van der Waals surface area contributed by atoms with E-state index in [0.717, 1.165) is 6.42 Å². The number of rotatable bonds is 6. The zero-order valence-electron chi connectivity index (χ0n) is 12.2. The van der Waals surface area contributed by atoms with Crippen LogP contribution < -0.4 is 5.73 Å². The summed E-state index contributed by atoms with van der Waals surface area (Å²) in [6, 6.07) is 9.54. The van der Waals surface area contributed by atoms with Crippen LogP contribution in [0, 0.1) is 0 Å². The van der Waals surface area contributed by atoms with Crippen LogP contribution in [0.5, 0.6) is 0 Å². The van der Waals surface area contributed by atoms with Crippen molar-refractivity contribution in [3.63, 3.8) is 0 Å². The van der Waals surface area contributed by atoms with Crippen molar-refractivity contribution in [2.75, 3.05) is 14.1 Å². The maximum atomic E-state index is 5.93. The number of nitrogens with two attached hydrogens (primary N) is 1. The lowest BCUT2D eigenvalue weighted by molar-refractivity contribution is 0.272. The molecule has 0 heterocycles. The van der Waals surface area contributed by atoms with E-state index in [2.05, 4.69) is 64.0 Å². The van der Waals surface area contributed by atoms with Crippen molar-refractivity contribution in [2.45, 2.75) is 49.4 Å². The van der Waals surface area contributed by atoms with Gasteiger partial charge in [-0.3, -0.25) is 0 Å². The number of nitrogens with zero attached hydrogens (tertiary/aromatic N) is 1. The molecule has 102 valence electrons. The number of hydrogen-bond acceptors (Lipinski definition) is 3. The van der Waals surface area contributed by atoms with E-state index >= 15 is 0 Å². The summed E-state index contributed by atoms with van der Waals surface area (Å²) in [5, 5.41) is 0.629. The molecule has 2 atom stereocenters. The van der Waals surface area contributed by atoms with Crippen molar-refractivity contribution in [2.24, 2.45) is 5.73 Å². The van der Waals surface area contributed by atoms with Gasteiger partial charge in [-0.05, 0) is 45.1 Å². The molecule has 18 heavy (non-hydrogen) atoms. The minimum absolute atomic E-state index is 0.224. The van der Waals surface area contributed by atoms with Gasteiger partial charge in [-0.25, -0.2) is 0 Å². The number of thioether (sulfide) groups is 1. The minimum Gasteiger partial charge on any atom is -0.328 e. The highest BCUT2D eigenvalue weighted by atomic mass is 32.2. The third-order valence-electron chi connectivity index (χ3n) is 2.86. The Bertz CT molecular complexity index is 344. The van der Waals surface area contributed by atoms with Crippen LogP contribution in [0.1, 0.15) is 38.8 Å². The first-order valence-corrected chi connectivity index (χ1v) is 7.46. The van der Waals surface area contributed by atoms with Crippen LogP contribution >= 0.6 is 11.8 Å². The van der Waals surface area contributed by atoms with Gasteiger partial charge in [0, 0.05) is 22.2 Å². The molecule has 0 amide bonds. The van der Waals surface area contributed by atoms with Crippen molar-refractivity contribution >= 4 is 11.8 Å². The van der Waals surface area contributed by atoms with E-state index in [1.54, 1.807) is 0 Å². The number of hydrogen-bond donors (Lipinski definition) is 1. The molecule has 3 heteroatoms. The van der Waals surface area contributed by atoms with Crippen LogP contribution in [0.15, 0.2) is 29.2 Å². The van der Waals surface area contributed by atoms with E-state index in [-0.39, 0.29) is 6.04 Å². The molecule has 0 bridgehead atoms. The van der Waals surface area contributed by atoms with Gasteiger partial charge >= 0.3 is 0 Å². The Labute approximate surface area is 116 Å². The van der Waals surface area contributed by atoms with Crippen molar-refractivity contribution in [1.29, 1.82) is 0 Å². The second-order valence-corrected chi connectivity index (χ2v) is 7.08. The highest BCUT2D eigenvalue weighted by Crippen LogP contribution is 2.27. The Morgan fingerprint density at radius 3 is 2.06 bits per heavy atom. The van der Waals surface area contributed by atoms with Gasteiger partial charge in [0.25, 0.3) is 0 Å². The van der Waals surface area contributed by atoms with Gasteiger partial charge in [-0.15, -0.1) is 11.8 Å². The van der Waals surface area contributed by atoms with Crippen molar-refractivity contribution < 1.29 is 0 Å². The molecular weight excluding hydrogens is 240 g/mol. The Morgan fingerprint density at radius 2 is 1.67 bits per heavy atom. The lowest BCUT2D eigenvalue weighted by atomic mass is 9.99. The first kappa shape index (κ1) is 15.5. The standard InChI is InChI=1S/C15H26N2S/c1-11(2)18-14-8-6-13(7-9-14)15(17(4)5)10-12(3)16/h6-9,11-12,15H,10,16H2,1-5H3. The lowest BCUT2D eigenvalue weighted by Gasteiger charge is -2.26. The van der Waals surface area contributed by atoms with Crippen LogP contribution in [0.4, 0.5) is 0 Å². The Morgan fingerprint density at radius 1 is 1.11 bits per heavy atom. The summed E-state index contributed by atoms with van der Waals surface area (Å²) in [6.45, 7) is 6.51. The molecule has 0 aliphatic heterocycles. The molecular formula is C15H26N2S. The molecule has 2 unspecified atom stereocenters. The lowest BCUT2D eigenvalue weighted by Crippen LogP contribution is -2.27. The molecule has 1 rings (SSSR count). The molecule has 0 aliphatic carbocycles. The maximum absolute atomic E-state index is 5.93. The fourth-order valence-electron chi connectivity index (χ4n) is 2.04. The summed E-state index contributed by atoms with van der Waals surface area (Å²) in [7, 11) is 4.23. The van der Waals surface area contributed by atoms with Gasteiger partial charge < -0.3 is 10.6 Å². The molecule has 0 saturated carbocycles. The van der Waals surface area contributed by atoms with Crippen LogP contribution in [0.2, 0.25) is 0 Å². The van der Waals surface area contributed by atoms with E-state index in [0.29, 0.717) is 11.3 Å². The average Bonchev–Trinajstić information content (AvgIpc) is 2.26. The molecule has 0 radical (unpaired) electrons. The fourth-order valence-corrected chi connectivity index (χ4v) is 2.88. The zero-order valence-corrected chi connectivity index (χ0v) is 13.0. The molecule has 0 aliphatic rings. The normalized spacial score (nSPS) is 15.1. The summed E-state index contributed by atoms with van der Waals surface area (Å²) in [4.78, 5) is 3.58. The SMILES string of the molecule is CC(N)CC(c1ccc(SC(C)C)cc1)N(C)C. The van der Waals surface area contributed by atoms with Crippen LogP contribution in [-0.4, -0.2) is 30.3 Å². The largest absolute Gasteiger partial charge is 0.328 e. The maximum Gasteiger partial charge on any atom is 0.0356 e. The fraction of sp³-hybridized carbons (Fsp3) is 0.600. The smallest absolute Gasteiger partial charge is 0.0356 e. The Balaban J connectivity index is 2.80. The van der Waals surface area contributed by atoms with Gasteiger partial charge in [-0.2, -0.15) is 0 Å². The summed E-state index contributed by atoms with van der Waals surface area (Å²) >= 11 is 1.90. The van der Waals surface area contributed by atoms with E-state index in [4.69, 9.17) is 5.73 Å². The van der Waals surface area contributed by atoms with E-state index < -0.39 is 0 Å². The van der Waals surface area contributed by atoms with Crippen molar-refractivity contribution in [1.82, 2.24) is 4.90 Å². The average molecular weight is 266 g/mol. The summed E-state index contributed by atoms with van der Waals surface area (Å²) in [5.74, 6) is 0. The molecule has 2 nitrogen and oxygen atoms in total. The van der Waals surface area contributed by atoms with Crippen molar-refractivity contribution in [3.8, 4) is 0 Å². The predicted octanol–water partition coefficient (Wildman–Crippen LogP) is 3.53. The third-order valence-corrected chi connectivity index (χ3v) is 3.87. The molecule has 0 fully saturated rings. The zero-order chi connectivity index (χ0) is 13.7. The molecule has 2 N–H and O–H groups in total. The number of benzene rings is 1. The topological polar surface area (TPSA) is 29.3 Å². The highest BCUT2D eigenvalue weighted by Gasteiger charge is 2.15. The Hall–Kier alpha value is -0.510. The minimum atomic E-state index is 0.224. The van der Waals surface area contributed by atoms with Crippen LogP contribution in [0.3, 0.4) is 0 Å². The van der Waals surface area contributed by atoms with Gasteiger partial charge in [-0.1, -0.05) is 26.0 Å². The third kappa shape index (κ3) is 5.01. The van der Waals surface area contributed by atoms with Gasteiger partial charge in [0.05, 0.1) is 0 Å². The monoisotopic (exact) mass is 266 g/mol. The van der Waals surface area contributed by atoms with Gasteiger partial charge in [0.1, 0.15) is 0 Å². The molecule has 0 aromatic heterocycles. The molecule has 1 aromatic rings. The Kier molecular flexibility index (Phi) is 6.19. The molecule has 0 saturated heterocycles. The van der Waals surface area contributed by atoms with Gasteiger partial charge in [0.2, 0.25) is 0 Å². The molecule has 1 aromatic carbocycles. The van der Waals surface area contributed by atoms with Crippen LogP contribution in [-0.2, 0) is 0 Å². The van der Waals surface area contributed by atoms with E-state index in [1.165, 1.54) is 10.5 Å². The highest BCUT2D eigenvalue weighted by molar-refractivity contribution is 7.99. The predicted molar refractivity (Wildman–Crippen MR) is 82.1 cm³/mol. The molecule has 0 spiro atoms. The quantitative estimate of drug-likeness (QED) is 0.799. The first-order chi connectivity index (χ1) is 8.40. The second kappa shape index (κ2) is 7.17. The summed E-state index contributed by atoms with van der Waals surface area (Å²) in [6.07, 6.45) is 0.990. The van der Waals surface area contributed by atoms with E-state index in [9.17, 15) is 0 Å². The van der Waals surface area contributed by atoms with Gasteiger partial charge in [0.15, 0.2) is 0 Å².